The Bertz CT molecular complexity index is 989. The van der Waals surface area contributed by atoms with Crippen molar-refractivity contribution in [2.24, 2.45) is 5.92 Å². The van der Waals surface area contributed by atoms with Gasteiger partial charge < -0.3 is 15.0 Å². The molecule has 1 fully saturated rings. The largest absolute Gasteiger partial charge is 0.378 e. The first kappa shape index (κ1) is 21.4. The van der Waals surface area contributed by atoms with Crippen LogP contribution in [-0.2, 0) is 19.6 Å². The van der Waals surface area contributed by atoms with Gasteiger partial charge in [0.05, 0.1) is 29.6 Å². The third-order valence-electron chi connectivity index (χ3n) is 4.51. The monoisotopic (exact) mass is 437 g/mol. The summed E-state index contributed by atoms with van der Waals surface area (Å²) in [5.74, 6) is -0.415. The van der Waals surface area contributed by atoms with Gasteiger partial charge in [0, 0.05) is 24.7 Å². The molecule has 7 nitrogen and oxygen atoms in total. The number of sulfonamides is 1. The Morgan fingerprint density at radius 3 is 2.48 bits per heavy atom. The van der Waals surface area contributed by atoms with Crippen LogP contribution in [0.5, 0.6) is 0 Å². The van der Waals surface area contributed by atoms with Crippen LogP contribution in [0.1, 0.15) is 13.8 Å². The number of ether oxygens (including phenoxy) is 1. The molecule has 29 heavy (non-hydrogen) atoms. The van der Waals surface area contributed by atoms with Crippen molar-refractivity contribution in [2.45, 2.75) is 18.7 Å². The van der Waals surface area contributed by atoms with E-state index in [1.54, 1.807) is 50.2 Å². The lowest BCUT2D eigenvalue weighted by Gasteiger charge is -2.30. The molecule has 156 valence electrons. The zero-order chi connectivity index (χ0) is 21.0. The van der Waals surface area contributed by atoms with Crippen molar-refractivity contribution in [3.63, 3.8) is 0 Å². The third kappa shape index (κ3) is 5.20. The second-order valence-corrected chi connectivity index (χ2v) is 9.07. The molecule has 0 saturated carbocycles. The van der Waals surface area contributed by atoms with Gasteiger partial charge in [0.1, 0.15) is 4.90 Å². The molecule has 2 aromatic carbocycles. The average molecular weight is 438 g/mol. The SMILES string of the molecule is CC(C)C(=O)Nc1ccc(N2CCOCC2)c(S(=O)(=O)Nc2ccccc2Cl)c1. The average Bonchev–Trinajstić information content (AvgIpc) is 2.70. The van der Waals surface area contributed by atoms with E-state index in [4.69, 9.17) is 16.3 Å². The topological polar surface area (TPSA) is 87.7 Å². The van der Waals surface area contributed by atoms with E-state index in [-0.39, 0.29) is 16.7 Å². The van der Waals surface area contributed by atoms with Crippen LogP contribution in [0.2, 0.25) is 5.02 Å². The van der Waals surface area contributed by atoms with Crippen molar-refractivity contribution in [3.05, 3.63) is 47.5 Å². The summed E-state index contributed by atoms with van der Waals surface area (Å²) in [6.07, 6.45) is 0. The van der Waals surface area contributed by atoms with Gasteiger partial charge in [0.2, 0.25) is 5.91 Å². The summed E-state index contributed by atoms with van der Waals surface area (Å²) in [6.45, 7) is 5.73. The summed E-state index contributed by atoms with van der Waals surface area (Å²) >= 11 is 6.13. The Morgan fingerprint density at radius 1 is 1.14 bits per heavy atom. The first-order chi connectivity index (χ1) is 13.8. The lowest BCUT2D eigenvalue weighted by Crippen LogP contribution is -2.37. The van der Waals surface area contributed by atoms with Crippen molar-refractivity contribution < 1.29 is 17.9 Å². The van der Waals surface area contributed by atoms with Crippen LogP contribution in [0.3, 0.4) is 0 Å². The second kappa shape index (κ2) is 9.02. The van der Waals surface area contributed by atoms with Gasteiger partial charge in [-0.1, -0.05) is 37.6 Å². The Labute approximate surface area is 176 Å². The van der Waals surface area contributed by atoms with Crippen LogP contribution in [0.4, 0.5) is 17.1 Å². The van der Waals surface area contributed by atoms with Gasteiger partial charge >= 0.3 is 0 Å². The van der Waals surface area contributed by atoms with Gasteiger partial charge in [0.25, 0.3) is 10.0 Å². The number of hydrogen-bond donors (Lipinski definition) is 2. The van der Waals surface area contributed by atoms with E-state index < -0.39 is 10.0 Å². The molecular formula is C20H24ClN3O4S. The van der Waals surface area contributed by atoms with E-state index in [2.05, 4.69) is 10.0 Å². The fraction of sp³-hybridized carbons (Fsp3) is 0.350. The number of halogens is 1. The molecular weight excluding hydrogens is 414 g/mol. The lowest BCUT2D eigenvalue weighted by molar-refractivity contribution is -0.118. The first-order valence-electron chi connectivity index (χ1n) is 9.33. The molecule has 0 aromatic heterocycles. The fourth-order valence-electron chi connectivity index (χ4n) is 2.90. The van der Waals surface area contributed by atoms with Gasteiger partial charge in [0.15, 0.2) is 0 Å². The summed E-state index contributed by atoms with van der Waals surface area (Å²) in [7, 11) is -3.96. The quantitative estimate of drug-likeness (QED) is 0.721. The van der Waals surface area contributed by atoms with E-state index in [9.17, 15) is 13.2 Å². The predicted octanol–water partition coefficient (Wildman–Crippen LogP) is 3.57. The van der Waals surface area contributed by atoms with Crippen molar-refractivity contribution >= 4 is 44.6 Å². The van der Waals surface area contributed by atoms with E-state index in [0.717, 1.165) is 0 Å². The number of nitrogens with zero attached hydrogens (tertiary/aromatic N) is 1. The highest BCUT2D eigenvalue weighted by Gasteiger charge is 2.25. The molecule has 0 radical (unpaired) electrons. The number of benzene rings is 2. The number of anilines is 3. The van der Waals surface area contributed by atoms with E-state index in [0.29, 0.717) is 48.4 Å². The van der Waals surface area contributed by atoms with E-state index >= 15 is 0 Å². The normalized spacial score (nSPS) is 14.7. The number of para-hydroxylation sites is 1. The van der Waals surface area contributed by atoms with Crippen molar-refractivity contribution in [1.29, 1.82) is 0 Å². The Morgan fingerprint density at radius 2 is 1.83 bits per heavy atom. The van der Waals surface area contributed by atoms with Crippen LogP contribution in [0.25, 0.3) is 0 Å². The minimum absolute atomic E-state index is 0.0703. The number of morpholine rings is 1. The van der Waals surface area contributed by atoms with Gasteiger partial charge in [-0.05, 0) is 30.3 Å². The third-order valence-corrected chi connectivity index (χ3v) is 6.24. The van der Waals surface area contributed by atoms with E-state index in [1.165, 1.54) is 6.07 Å². The molecule has 2 aromatic rings. The maximum Gasteiger partial charge on any atom is 0.264 e. The highest BCUT2D eigenvalue weighted by molar-refractivity contribution is 7.93. The zero-order valence-electron chi connectivity index (χ0n) is 16.3. The molecule has 9 heteroatoms. The lowest BCUT2D eigenvalue weighted by atomic mass is 10.2. The molecule has 1 aliphatic heterocycles. The number of hydrogen-bond acceptors (Lipinski definition) is 5. The standard InChI is InChI=1S/C20H24ClN3O4S/c1-14(2)20(25)22-15-7-8-18(24-9-11-28-12-10-24)19(13-15)29(26,27)23-17-6-4-3-5-16(17)21/h3-8,13-14,23H,9-12H2,1-2H3,(H,22,25). The van der Waals surface area contributed by atoms with Gasteiger partial charge in [-0.2, -0.15) is 0 Å². The van der Waals surface area contributed by atoms with Crippen molar-refractivity contribution in [1.82, 2.24) is 0 Å². The van der Waals surface area contributed by atoms with Crippen LogP contribution in [0, 0.1) is 5.92 Å². The summed E-state index contributed by atoms with van der Waals surface area (Å²) in [5.41, 5.74) is 1.26. The number of carbonyl (C=O) groups excluding carboxylic acids is 1. The van der Waals surface area contributed by atoms with Crippen LogP contribution >= 0.6 is 11.6 Å². The Hall–Kier alpha value is -2.29. The maximum atomic E-state index is 13.2. The number of amides is 1. The van der Waals surface area contributed by atoms with Gasteiger partial charge in [-0.15, -0.1) is 0 Å². The Balaban J connectivity index is 2.01. The molecule has 1 amide bonds. The van der Waals surface area contributed by atoms with Crippen molar-refractivity contribution in [3.8, 4) is 0 Å². The van der Waals surface area contributed by atoms with Crippen molar-refractivity contribution in [2.75, 3.05) is 41.2 Å². The minimum Gasteiger partial charge on any atom is -0.378 e. The predicted molar refractivity (Wildman–Crippen MR) is 115 cm³/mol. The number of carbonyl (C=O) groups is 1. The maximum absolute atomic E-state index is 13.2. The van der Waals surface area contributed by atoms with Gasteiger partial charge in [-0.3, -0.25) is 9.52 Å². The molecule has 0 unspecified atom stereocenters. The zero-order valence-corrected chi connectivity index (χ0v) is 17.9. The summed E-state index contributed by atoms with van der Waals surface area (Å²) < 4.78 is 34.4. The molecule has 2 N–H and O–H groups in total. The molecule has 0 atom stereocenters. The van der Waals surface area contributed by atoms with E-state index in [1.807, 2.05) is 4.90 Å². The summed E-state index contributed by atoms with van der Waals surface area (Å²) in [6, 6.07) is 11.5. The summed E-state index contributed by atoms with van der Waals surface area (Å²) in [5, 5.41) is 3.06. The Kier molecular flexibility index (Phi) is 6.66. The van der Waals surface area contributed by atoms with Crippen LogP contribution in [0.15, 0.2) is 47.4 Å². The highest BCUT2D eigenvalue weighted by Crippen LogP contribution is 2.32. The molecule has 1 heterocycles. The first-order valence-corrected chi connectivity index (χ1v) is 11.2. The smallest absolute Gasteiger partial charge is 0.264 e. The van der Waals surface area contributed by atoms with Crippen LogP contribution < -0.4 is 14.9 Å². The fourth-order valence-corrected chi connectivity index (χ4v) is 4.47. The van der Waals surface area contributed by atoms with Gasteiger partial charge in [-0.25, -0.2) is 8.42 Å². The highest BCUT2D eigenvalue weighted by atomic mass is 35.5. The molecule has 0 aliphatic carbocycles. The summed E-state index contributed by atoms with van der Waals surface area (Å²) in [4.78, 5) is 14.1. The molecule has 1 saturated heterocycles. The number of rotatable bonds is 6. The molecule has 3 rings (SSSR count). The number of nitrogens with one attached hydrogen (secondary N) is 2. The minimum atomic E-state index is -3.96. The van der Waals surface area contributed by atoms with Crippen LogP contribution in [-0.4, -0.2) is 40.6 Å². The molecule has 1 aliphatic rings. The molecule has 0 spiro atoms. The molecule has 0 bridgehead atoms. The second-order valence-electron chi connectivity index (χ2n) is 7.01.